The van der Waals surface area contributed by atoms with Crippen molar-refractivity contribution < 1.29 is 18.9 Å². The molecule has 0 saturated heterocycles. The van der Waals surface area contributed by atoms with Crippen LogP contribution in [0.4, 0.5) is 5.69 Å². The molecule has 0 aliphatic heterocycles. The number of nitrogens with zero attached hydrogens (tertiary/aromatic N) is 1. The Bertz CT molecular complexity index is 1010. The molecule has 158 valence electrons. The number of aromatic nitrogens is 1. The fourth-order valence-electron chi connectivity index (χ4n) is 3.94. The molecule has 1 aromatic heterocycles. The van der Waals surface area contributed by atoms with Crippen LogP contribution in [0.15, 0.2) is 36.4 Å². The maximum atomic E-state index is 5.95. The number of rotatable bonds is 8. The Balaban J connectivity index is 1.53. The van der Waals surface area contributed by atoms with E-state index in [1.165, 1.54) is 24.1 Å². The lowest BCUT2D eigenvalue weighted by Gasteiger charge is -2.22. The summed E-state index contributed by atoms with van der Waals surface area (Å²) in [5, 5.41) is 4.71. The van der Waals surface area contributed by atoms with Crippen LogP contribution >= 0.6 is 0 Å². The van der Waals surface area contributed by atoms with Crippen molar-refractivity contribution in [1.82, 2.24) is 4.98 Å². The molecule has 0 saturated carbocycles. The number of methoxy groups -OCH3 is 3. The fourth-order valence-corrected chi connectivity index (χ4v) is 3.94. The standard InChI is InChI=1S/C24H28N2O4/c1-27-16-8-9-23-21(15-16)24(20-6-4-5-7-22(20)26-23)25-10-11-30-19-13-17(28-2)12-18(14-19)29-3/h8-9,12-15H,4-7,10-11H2,1-3H3,(H,25,26). The van der Waals surface area contributed by atoms with Crippen LogP contribution in [0, 0.1) is 0 Å². The summed E-state index contributed by atoms with van der Waals surface area (Å²) in [4.78, 5) is 4.91. The third-order valence-corrected chi connectivity index (χ3v) is 5.47. The quantitative estimate of drug-likeness (QED) is 0.549. The van der Waals surface area contributed by atoms with Crippen molar-refractivity contribution in [3.63, 3.8) is 0 Å². The van der Waals surface area contributed by atoms with E-state index in [9.17, 15) is 0 Å². The van der Waals surface area contributed by atoms with Gasteiger partial charge in [-0.05, 0) is 49.4 Å². The van der Waals surface area contributed by atoms with E-state index in [0.29, 0.717) is 24.7 Å². The zero-order chi connectivity index (χ0) is 20.9. The average molecular weight is 408 g/mol. The monoisotopic (exact) mass is 408 g/mol. The molecule has 1 aliphatic carbocycles. The highest BCUT2D eigenvalue weighted by molar-refractivity contribution is 5.94. The van der Waals surface area contributed by atoms with Crippen molar-refractivity contribution in [3.8, 4) is 23.0 Å². The zero-order valence-corrected chi connectivity index (χ0v) is 17.8. The Morgan fingerprint density at radius 2 is 1.53 bits per heavy atom. The number of fused-ring (bicyclic) bond motifs is 2. The minimum absolute atomic E-state index is 0.513. The van der Waals surface area contributed by atoms with Crippen LogP contribution in [0.2, 0.25) is 0 Å². The molecule has 0 radical (unpaired) electrons. The van der Waals surface area contributed by atoms with Crippen LogP contribution in [0.1, 0.15) is 24.1 Å². The molecule has 4 rings (SSSR count). The Hall–Kier alpha value is -3.15. The predicted molar refractivity (Wildman–Crippen MR) is 118 cm³/mol. The minimum Gasteiger partial charge on any atom is -0.497 e. The van der Waals surface area contributed by atoms with Crippen LogP contribution in [0.25, 0.3) is 10.9 Å². The highest BCUT2D eigenvalue weighted by atomic mass is 16.5. The normalized spacial score (nSPS) is 12.9. The molecule has 6 nitrogen and oxygen atoms in total. The summed E-state index contributed by atoms with van der Waals surface area (Å²) in [5.74, 6) is 2.97. The van der Waals surface area contributed by atoms with Gasteiger partial charge in [-0.1, -0.05) is 0 Å². The summed E-state index contributed by atoms with van der Waals surface area (Å²) in [6.45, 7) is 1.18. The Labute approximate surface area is 177 Å². The van der Waals surface area contributed by atoms with E-state index in [0.717, 1.165) is 40.9 Å². The Kier molecular flexibility index (Phi) is 6.12. The first-order valence-corrected chi connectivity index (χ1v) is 10.3. The lowest BCUT2D eigenvalue weighted by molar-refractivity contribution is 0.324. The largest absolute Gasteiger partial charge is 0.497 e. The van der Waals surface area contributed by atoms with Crippen molar-refractivity contribution in [2.75, 3.05) is 39.8 Å². The summed E-state index contributed by atoms with van der Waals surface area (Å²) in [5.41, 5.74) is 4.68. The van der Waals surface area contributed by atoms with Gasteiger partial charge in [-0.2, -0.15) is 0 Å². The summed E-state index contributed by atoms with van der Waals surface area (Å²) < 4.78 is 22.0. The molecule has 0 fully saturated rings. The molecule has 1 N–H and O–H groups in total. The molecular formula is C24H28N2O4. The van der Waals surface area contributed by atoms with Gasteiger partial charge in [0.15, 0.2) is 0 Å². The SMILES string of the molecule is COc1cc(OC)cc(OCCNc2c3c(nc4ccc(OC)cc24)CCCC3)c1. The van der Waals surface area contributed by atoms with E-state index in [4.69, 9.17) is 23.9 Å². The van der Waals surface area contributed by atoms with Gasteiger partial charge in [0.2, 0.25) is 0 Å². The summed E-state index contributed by atoms with van der Waals surface area (Å²) in [6.07, 6.45) is 4.47. The predicted octanol–water partition coefficient (Wildman–Crippen LogP) is 4.63. The second-order valence-corrected chi connectivity index (χ2v) is 7.33. The molecule has 30 heavy (non-hydrogen) atoms. The number of ether oxygens (including phenoxy) is 4. The number of aryl methyl sites for hydroxylation is 1. The first kappa shape index (κ1) is 20.1. The first-order chi connectivity index (χ1) is 14.7. The molecule has 0 amide bonds. The van der Waals surface area contributed by atoms with Crippen molar-refractivity contribution in [2.24, 2.45) is 0 Å². The fraction of sp³-hybridized carbons (Fsp3) is 0.375. The van der Waals surface area contributed by atoms with Crippen molar-refractivity contribution in [3.05, 3.63) is 47.7 Å². The van der Waals surface area contributed by atoms with Gasteiger partial charge in [-0.25, -0.2) is 0 Å². The van der Waals surface area contributed by atoms with Gasteiger partial charge < -0.3 is 24.3 Å². The van der Waals surface area contributed by atoms with Gasteiger partial charge in [0.1, 0.15) is 29.6 Å². The average Bonchev–Trinajstić information content (AvgIpc) is 2.80. The van der Waals surface area contributed by atoms with E-state index in [2.05, 4.69) is 11.4 Å². The zero-order valence-electron chi connectivity index (χ0n) is 17.8. The van der Waals surface area contributed by atoms with Crippen LogP contribution in [-0.4, -0.2) is 39.5 Å². The molecule has 0 spiro atoms. The van der Waals surface area contributed by atoms with Crippen LogP contribution in [0.3, 0.4) is 0 Å². The maximum Gasteiger partial charge on any atom is 0.126 e. The Morgan fingerprint density at radius 3 is 2.27 bits per heavy atom. The molecule has 0 bridgehead atoms. The van der Waals surface area contributed by atoms with E-state index < -0.39 is 0 Å². The second kappa shape index (κ2) is 9.11. The smallest absolute Gasteiger partial charge is 0.126 e. The van der Waals surface area contributed by atoms with E-state index in [1.807, 2.05) is 30.3 Å². The molecule has 1 aliphatic rings. The van der Waals surface area contributed by atoms with E-state index in [-0.39, 0.29) is 0 Å². The first-order valence-electron chi connectivity index (χ1n) is 10.3. The van der Waals surface area contributed by atoms with Crippen LogP contribution < -0.4 is 24.3 Å². The van der Waals surface area contributed by atoms with Gasteiger partial charge in [0, 0.05) is 41.5 Å². The number of benzene rings is 2. The number of anilines is 1. The molecule has 0 unspecified atom stereocenters. The third kappa shape index (κ3) is 4.22. The summed E-state index contributed by atoms with van der Waals surface area (Å²) >= 11 is 0. The van der Waals surface area contributed by atoms with Crippen molar-refractivity contribution in [2.45, 2.75) is 25.7 Å². The summed E-state index contributed by atoms with van der Waals surface area (Å²) in [7, 11) is 4.95. The molecule has 3 aromatic rings. The van der Waals surface area contributed by atoms with Gasteiger partial charge in [-0.3, -0.25) is 4.98 Å². The summed E-state index contributed by atoms with van der Waals surface area (Å²) in [6, 6.07) is 11.6. The molecule has 0 atom stereocenters. The lowest BCUT2D eigenvalue weighted by atomic mass is 9.92. The van der Waals surface area contributed by atoms with Gasteiger partial charge in [0.25, 0.3) is 0 Å². The number of nitrogens with one attached hydrogen (secondary N) is 1. The molecule has 2 aromatic carbocycles. The maximum absolute atomic E-state index is 5.95. The minimum atomic E-state index is 0.513. The lowest BCUT2D eigenvalue weighted by Crippen LogP contribution is -2.16. The van der Waals surface area contributed by atoms with Gasteiger partial charge in [0.05, 0.1) is 26.8 Å². The van der Waals surface area contributed by atoms with Crippen molar-refractivity contribution >= 4 is 16.6 Å². The highest BCUT2D eigenvalue weighted by Gasteiger charge is 2.18. The van der Waals surface area contributed by atoms with E-state index >= 15 is 0 Å². The molecule has 1 heterocycles. The molecular weight excluding hydrogens is 380 g/mol. The molecule has 6 heteroatoms. The van der Waals surface area contributed by atoms with Gasteiger partial charge >= 0.3 is 0 Å². The van der Waals surface area contributed by atoms with Crippen molar-refractivity contribution in [1.29, 1.82) is 0 Å². The van der Waals surface area contributed by atoms with Crippen LogP contribution in [0.5, 0.6) is 23.0 Å². The second-order valence-electron chi connectivity index (χ2n) is 7.33. The number of pyridine rings is 1. The number of hydrogen-bond donors (Lipinski definition) is 1. The Morgan fingerprint density at radius 1 is 0.833 bits per heavy atom. The van der Waals surface area contributed by atoms with E-state index in [1.54, 1.807) is 21.3 Å². The van der Waals surface area contributed by atoms with Gasteiger partial charge in [-0.15, -0.1) is 0 Å². The third-order valence-electron chi connectivity index (χ3n) is 5.47. The topological polar surface area (TPSA) is 61.8 Å². The van der Waals surface area contributed by atoms with Crippen LogP contribution in [-0.2, 0) is 12.8 Å². The number of hydrogen-bond acceptors (Lipinski definition) is 6. The highest BCUT2D eigenvalue weighted by Crippen LogP contribution is 2.35.